The van der Waals surface area contributed by atoms with Gasteiger partial charge in [0.2, 0.25) is 0 Å². The van der Waals surface area contributed by atoms with Crippen molar-refractivity contribution in [2.75, 3.05) is 6.54 Å². The molecule has 1 aromatic carbocycles. The molecule has 2 nitrogen and oxygen atoms in total. The molecule has 0 aliphatic heterocycles. The van der Waals surface area contributed by atoms with Crippen molar-refractivity contribution in [1.29, 1.82) is 0 Å². The summed E-state index contributed by atoms with van der Waals surface area (Å²) >= 11 is 1.76. The van der Waals surface area contributed by atoms with Gasteiger partial charge in [0.25, 0.3) is 0 Å². The standard InChI is InChI=1S/C17H22N2S/c1-2-8-17(9-10-17)13-18-11-16-19-15(12-20-16)14-6-4-3-5-7-14/h3-7,12,18H,2,8-11,13H2,1H3. The molecule has 1 fully saturated rings. The molecule has 0 unspecified atom stereocenters. The molecular formula is C17H22N2S. The monoisotopic (exact) mass is 286 g/mol. The molecule has 1 aromatic heterocycles. The van der Waals surface area contributed by atoms with Gasteiger partial charge in [-0.3, -0.25) is 0 Å². The zero-order chi connectivity index (χ0) is 13.8. The first kappa shape index (κ1) is 13.8. The van der Waals surface area contributed by atoms with Crippen molar-refractivity contribution in [3.05, 3.63) is 40.7 Å². The topological polar surface area (TPSA) is 24.9 Å². The van der Waals surface area contributed by atoms with Crippen LogP contribution in [0.2, 0.25) is 0 Å². The molecule has 1 aliphatic carbocycles. The summed E-state index contributed by atoms with van der Waals surface area (Å²) in [5, 5.41) is 6.95. The van der Waals surface area contributed by atoms with Gasteiger partial charge in [-0.1, -0.05) is 43.7 Å². The molecule has 3 heteroatoms. The molecule has 1 aliphatic rings. The van der Waals surface area contributed by atoms with E-state index >= 15 is 0 Å². The van der Waals surface area contributed by atoms with Crippen LogP contribution < -0.4 is 5.32 Å². The van der Waals surface area contributed by atoms with E-state index in [0.717, 1.165) is 18.8 Å². The number of rotatable bonds is 7. The van der Waals surface area contributed by atoms with E-state index in [1.54, 1.807) is 11.3 Å². The van der Waals surface area contributed by atoms with Gasteiger partial charge in [-0.25, -0.2) is 4.98 Å². The second-order valence-electron chi connectivity index (χ2n) is 5.85. The SMILES string of the molecule is CCCC1(CNCc2nc(-c3ccccc3)cs2)CC1. The Kier molecular flexibility index (Phi) is 4.18. The molecule has 1 saturated carbocycles. The van der Waals surface area contributed by atoms with Gasteiger partial charge < -0.3 is 5.32 Å². The van der Waals surface area contributed by atoms with Crippen LogP contribution in [0.25, 0.3) is 11.3 Å². The Morgan fingerprint density at radius 1 is 1.25 bits per heavy atom. The third-order valence-corrected chi connectivity index (χ3v) is 4.98. The summed E-state index contributed by atoms with van der Waals surface area (Å²) in [6, 6.07) is 10.4. The van der Waals surface area contributed by atoms with Crippen LogP contribution in [0.3, 0.4) is 0 Å². The molecule has 106 valence electrons. The highest BCUT2D eigenvalue weighted by Crippen LogP contribution is 2.48. The summed E-state index contributed by atoms with van der Waals surface area (Å²) in [6.07, 6.45) is 5.48. The molecule has 2 aromatic rings. The Morgan fingerprint density at radius 3 is 2.75 bits per heavy atom. The Hall–Kier alpha value is -1.19. The van der Waals surface area contributed by atoms with Crippen LogP contribution in [-0.4, -0.2) is 11.5 Å². The predicted octanol–water partition coefficient (Wildman–Crippen LogP) is 4.48. The average molecular weight is 286 g/mol. The van der Waals surface area contributed by atoms with Gasteiger partial charge >= 0.3 is 0 Å². The normalized spacial score (nSPS) is 16.2. The minimum absolute atomic E-state index is 0.619. The van der Waals surface area contributed by atoms with Gasteiger partial charge in [-0.05, 0) is 24.7 Å². The van der Waals surface area contributed by atoms with Crippen molar-refractivity contribution in [1.82, 2.24) is 10.3 Å². The molecule has 20 heavy (non-hydrogen) atoms. The van der Waals surface area contributed by atoms with Crippen LogP contribution in [0.5, 0.6) is 0 Å². The lowest BCUT2D eigenvalue weighted by atomic mass is 10.0. The third-order valence-electron chi connectivity index (χ3n) is 4.13. The fourth-order valence-electron chi connectivity index (χ4n) is 2.79. The Morgan fingerprint density at radius 2 is 2.05 bits per heavy atom. The number of benzene rings is 1. The van der Waals surface area contributed by atoms with Crippen molar-refractivity contribution in [2.45, 2.75) is 39.2 Å². The largest absolute Gasteiger partial charge is 0.310 e. The molecule has 3 rings (SSSR count). The number of hydrogen-bond donors (Lipinski definition) is 1. The van der Waals surface area contributed by atoms with Gasteiger partial charge in [0.1, 0.15) is 5.01 Å². The lowest BCUT2D eigenvalue weighted by molar-refractivity contribution is 0.420. The maximum atomic E-state index is 4.72. The third kappa shape index (κ3) is 3.28. The van der Waals surface area contributed by atoms with E-state index in [0.29, 0.717) is 5.41 Å². The molecule has 0 atom stereocenters. The zero-order valence-electron chi connectivity index (χ0n) is 12.1. The smallest absolute Gasteiger partial charge is 0.107 e. The van der Waals surface area contributed by atoms with Crippen LogP contribution in [-0.2, 0) is 6.54 Å². The van der Waals surface area contributed by atoms with Gasteiger partial charge in [-0.2, -0.15) is 0 Å². The fourth-order valence-corrected chi connectivity index (χ4v) is 3.56. The van der Waals surface area contributed by atoms with E-state index in [1.807, 2.05) is 6.07 Å². The molecule has 0 spiro atoms. The molecule has 0 bridgehead atoms. The number of hydrogen-bond acceptors (Lipinski definition) is 3. The van der Waals surface area contributed by atoms with E-state index in [9.17, 15) is 0 Å². The van der Waals surface area contributed by atoms with Crippen molar-refractivity contribution < 1.29 is 0 Å². The van der Waals surface area contributed by atoms with Crippen LogP contribution in [0.1, 0.15) is 37.6 Å². The molecule has 1 N–H and O–H groups in total. The minimum Gasteiger partial charge on any atom is -0.310 e. The molecule has 0 amide bonds. The highest BCUT2D eigenvalue weighted by molar-refractivity contribution is 7.09. The summed E-state index contributed by atoms with van der Waals surface area (Å²) in [6.45, 7) is 4.34. The van der Waals surface area contributed by atoms with Gasteiger partial charge in [0, 0.05) is 24.0 Å². The zero-order valence-corrected chi connectivity index (χ0v) is 12.9. The van der Waals surface area contributed by atoms with Crippen LogP contribution in [0.4, 0.5) is 0 Å². The highest BCUT2D eigenvalue weighted by atomic mass is 32.1. The van der Waals surface area contributed by atoms with Crippen LogP contribution in [0.15, 0.2) is 35.7 Å². The Labute approximate surface area is 125 Å². The second-order valence-corrected chi connectivity index (χ2v) is 6.79. The molecule has 0 saturated heterocycles. The van der Waals surface area contributed by atoms with Crippen LogP contribution >= 0.6 is 11.3 Å². The summed E-state index contributed by atoms with van der Waals surface area (Å²) in [5.41, 5.74) is 2.93. The minimum atomic E-state index is 0.619. The lowest BCUT2D eigenvalue weighted by Crippen LogP contribution is -2.23. The lowest BCUT2D eigenvalue weighted by Gasteiger charge is -2.13. The van der Waals surface area contributed by atoms with Gasteiger partial charge in [0.05, 0.1) is 5.69 Å². The molecule has 1 heterocycles. The van der Waals surface area contributed by atoms with Crippen molar-refractivity contribution in [2.24, 2.45) is 5.41 Å². The first-order valence-corrected chi connectivity index (χ1v) is 8.40. The van der Waals surface area contributed by atoms with E-state index in [2.05, 4.69) is 41.9 Å². The summed E-state index contributed by atoms with van der Waals surface area (Å²) in [7, 11) is 0. The second kappa shape index (κ2) is 6.06. The molecule has 0 radical (unpaired) electrons. The van der Waals surface area contributed by atoms with E-state index in [-0.39, 0.29) is 0 Å². The number of nitrogens with one attached hydrogen (secondary N) is 1. The predicted molar refractivity (Wildman–Crippen MR) is 85.8 cm³/mol. The van der Waals surface area contributed by atoms with Crippen molar-refractivity contribution >= 4 is 11.3 Å². The maximum absolute atomic E-state index is 4.72. The first-order chi connectivity index (χ1) is 9.81. The summed E-state index contributed by atoms with van der Waals surface area (Å²) in [4.78, 5) is 4.72. The number of thiazole rings is 1. The van der Waals surface area contributed by atoms with Crippen molar-refractivity contribution in [3.63, 3.8) is 0 Å². The van der Waals surface area contributed by atoms with E-state index in [4.69, 9.17) is 4.98 Å². The summed E-state index contributed by atoms with van der Waals surface area (Å²) in [5.74, 6) is 0. The van der Waals surface area contributed by atoms with E-state index in [1.165, 1.54) is 36.3 Å². The quantitative estimate of drug-likeness (QED) is 0.811. The van der Waals surface area contributed by atoms with Crippen molar-refractivity contribution in [3.8, 4) is 11.3 Å². The Balaban J connectivity index is 1.53. The highest BCUT2D eigenvalue weighted by Gasteiger charge is 2.40. The number of aromatic nitrogens is 1. The van der Waals surface area contributed by atoms with E-state index < -0.39 is 0 Å². The summed E-state index contributed by atoms with van der Waals surface area (Å²) < 4.78 is 0. The van der Waals surface area contributed by atoms with Gasteiger partial charge in [-0.15, -0.1) is 11.3 Å². The van der Waals surface area contributed by atoms with Crippen LogP contribution in [0, 0.1) is 5.41 Å². The molecular weight excluding hydrogens is 264 g/mol. The average Bonchev–Trinajstić information content (AvgIpc) is 3.07. The number of nitrogens with zero attached hydrogens (tertiary/aromatic N) is 1. The fraction of sp³-hybridized carbons (Fsp3) is 0.471. The maximum Gasteiger partial charge on any atom is 0.107 e. The first-order valence-electron chi connectivity index (χ1n) is 7.52. The van der Waals surface area contributed by atoms with Gasteiger partial charge in [0.15, 0.2) is 0 Å². The Bertz CT molecular complexity index is 543.